The Bertz CT molecular complexity index is 1220. The largest absolute Gasteiger partial charge is 0.369 e. The molecule has 2 heterocycles. The van der Waals surface area contributed by atoms with Crippen molar-refractivity contribution in [3.05, 3.63) is 102 Å². The highest BCUT2D eigenvalue weighted by molar-refractivity contribution is 6.35. The number of fused-ring (bicyclic) bond motifs is 1. The molecule has 0 atom stereocenters. The minimum atomic E-state index is 0.674. The van der Waals surface area contributed by atoms with Gasteiger partial charge in [0.2, 0.25) is 0 Å². The summed E-state index contributed by atoms with van der Waals surface area (Å²) in [7, 11) is 4.01. The molecule has 2 aromatic rings. The van der Waals surface area contributed by atoms with Crippen LogP contribution in [-0.4, -0.2) is 61.3 Å². The molecule has 0 spiro atoms. The van der Waals surface area contributed by atoms with E-state index in [1.54, 1.807) is 18.2 Å². The number of hydrogen-bond donors (Lipinski definition) is 0. The van der Waals surface area contributed by atoms with E-state index in [1.807, 2.05) is 43.6 Å². The minimum absolute atomic E-state index is 0.674. The molecule has 37 heavy (non-hydrogen) atoms. The van der Waals surface area contributed by atoms with Crippen molar-refractivity contribution in [3.8, 4) is 0 Å². The molecule has 194 valence electrons. The molecular weight excluding hydrogens is 476 g/mol. The lowest BCUT2D eigenvalue weighted by Crippen LogP contribution is -2.44. The van der Waals surface area contributed by atoms with Gasteiger partial charge in [0, 0.05) is 56.1 Å². The Balaban J connectivity index is 0.000000206. The standard InChI is InChI=1S/C17H14ClN.C15H25N3/c1-4-7-13(6-3)16-11-15(18)14-9-8-12(5-2)10-17(14)19-16;1-13(18-10-8-17(3)9-11-18)15(12-16-2)7-6-14-4-5-14/h4-11H,1-3H2;7,12,14H,1,4-6,8-11H2,2-3H3/b13-7+;15-7+,16-12?. The Hall–Kier alpha value is -3.21. The van der Waals surface area contributed by atoms with Crippen molar-refractivity contribution in [1.82, 2.24) is 14.8 Å². The predicted molar refractivity (Wildman–Crippen MR) is 163 cm³/mol. The fourth-order valence-electron chi connectivity index (χ4n) is 4.15. The van der Waals surface area contributed by atoms with Crippen LogP contribution >= 0.6 is 11.6 Å². The van der Waals surface area contributed by atoms with Crippen LogP contribution in [0.4, 0.5) is 0 Å². The third-order valence-electron chi connectivity index (χ3n) is 6.69. The molecule has 2 aliphatic rings. The van der Waals surface area contributed by atoms with Crippen LogP contribution in [0.3, 0.4) is 0 Å². The van der Waals surface area contributed by atoms with Gasteiger partial charge in [0.1, 0.15) is 0 Å². The lowest BCUT2D eigenvalue weighted by Gasteiger charge is -2.35. The molecule has 5 heteroatoms. The molecule has 0 unspecified atom stereocenters. The Morgan fingerprint density at radius 1 is 1.14 bits per heavy atom. The molecule has 0 amide bonds. The van der Waals surface area contributed by atoms with Crippen LogP contribution in [0, 0.1) is 5.92 Å². The Morgan fingerprint density at radius 3 is 2.46 bits per heavy atom. The van der Waals surface area contributed by atoms with Gasteiger partial charge in [-0.1, -0.05) is 80.4 Å². The van der Waals surface area contributed by atoms with Crippen molar-refractivity contribution < 1.29 is 0 Å². The summed E-state index contributed by atoms with van der Waals surface area (Å²) in [5.41, 5.74) is 5.90. The van der Waals surface area contributed by atoms with E-state index in [9.17, 15) is 0 Å². The van der Waals surface area contributed by atoms with Crippen LogP contribution in [-0.2, 0) is 0 Å². The van der Waals surface area contributed by atoms with E-state index in [0.717, 1.165) is 65.5 Å². The number of allylic oxidation sites excluding steroid dienone is 6. The van der Waals surface area contributed by atoms with Crippen molar-refractivity contribution in [3.63, 3.8) is 0 Å². The first kappa shape index (κ1) is 28.4. The topological polar surface area (TPSA) is 31.7 Å². The van der Waals surface area contributed by atoms with Gasteiger partial charge in [-0.2, -0.15) is 0 Å². The van der Waals surface area contributed by atoms with Gasteiger partial charge in [0.25, 0.3) is 0 Å². The number of benzene rings is 1. The van der Waals surface area contributed by atoms with Gasteiger partial charge < -0.3 is 9.80 Å². The number of aliphatic imine (C=N–C) groups is 1. The highest BCUT2D eigenvalue weighted by Gasteiger charge is 2.21. The third-order valence-corrected chi connectivity index (χ3v) is 7.00. The van der Waals surface area contributed by atoms with Crippen LogP contribution in [0.2, 0.25) is 5.02 Å². The SMILES string of the molecule is C=C(/C(C=NC)=C/CC1CC1)N1CCN(C)CC1.C=C/C=C(\C=C)c1cc(Cl)c2ccc(C=C)cc2n1. The normalized spacial score (nSPS) is 16.9. The van der Waals surface area contributed by atoms with Gasteiger partial charge in [0.05, 0.1) is 16.2 Å². The van der Waals surface area contributed by atoms with Crippen LogP contribution in [0.15, 0.2) is 91.1 Å². The second kappa shape index (κ2) is 13.9. The molecule has 4 rings (SSSR count). The number of piperazine rings is 1. The summed E-state index contributed by atoms with van der Waals surface area (Å²) in [6, 6.07) is 7.73. The first-order chi connectivity index (χ1) is 17.9. The number of hydrogen-bond acceptors (Lipinski definition) is 4. The molecular formula is C32H39ClN4. The number of rotatable bonds is 9. The molecule has 1 aromatic carbocycles. The van der Waals surface area contributed by atoms with E-state index in [0.29, 0.717) is 5.02 Å². The average molecular weight is 515 g/mol. The number of pyridine rings is 1. The summed E-state index contributed by atoms with van der Waals surface area (Å²) in [6.45, 7) is 19.9. The second-order valence-electron chi connectivity index (χ2n) is 9.49. The fourth-order valence-corrected chi connectivity index (χ4v) is 4.42. The van der Waals surface area contributed by atoms with Gasteiger partial charge >= 0.3 is 0 Å². The Labute approximate surface area is 227 Å². The Kier molecular flexibility index (Phi) is 10.7. The van der Waals surface area contributed by atoms with Crippen LogP contribution < -0.4 is 0 Å². The van der Waals surface area contributed by atoms with Crippen molar-refractivity contribution in [1.29, 1.82) is 0 Å². The van der Waals surface area contributed by atoms with Crippen molar-refractivity contribution >= 4 is 40.4 Å². The van der Waals surface area contributed by atoms with Crippen molar-refractivity contribution in [2.45, 2.75) is 19.3 Å². The predicted octanol–water partition coefficient (Wildman–Crippen LogP) is 7.46. The maximum atomic E-state index is 6.31. The zero-order valence-electron chi connectivity index (χ0n) is 22.3. The fraction of sp³-hybridized carbons (Fsp3) is 0.312. The first-order valence-corrected chi connectivity index (χ1v) is 13.2. The van der Waals surface area contributed by atoms with Crippen molar-refractivity contribution in [2.75, 3.05) is 40.3 Å². The minimum Gasteiger partial charge on any atom is -0.369 e. The van der Waals surface area contributed by atoms with Gasteiger partial charge in [-0.15, -0.1) is 0 Å². The molecule has 1 aliphatic carbocycles. The second-order valence-corrected chi connectivity index (χ2v) is 9.90. The maximum Gasteiger partial charge on any atom is 0.0730 e. The van der Waals surface area contributed by atoms with E-state index in [1.165, 1.54) is 24.8 Å². The van der Waals surface area contributed by atoms with E-state index < -0.39 is 0 Å². The highest BCUT2D eigenvalue weighted by Crippen LogP contribution is 2.33. The van der Waals surface area contributed by atoms with E-state index >= 15 is 0 Å². The highest BCUT2D eigenvalue weighted by atomic mass is 35.5. The number of likely N-dealkylation sites (N-methyl/N-ethyl adjacent to an activating group) is 1. The maximum absolute atomic E-state index is 6.31. The summed E-state index contributed by atoms with van der Waals surface area (Å²) < 4.78 is 0. The van der Waals surface area contributed by atoms with E-state index in [4.69, 9.17) is 11.6 Å². The number of nitrogens with zero attached hydrogens (tertiary/aromatic N) is 4. The van der Waals surface area contributed by atoms with Gasteiger partial charge in [-0.3, -0.25) is 4.99 Å². The Morgan fingerprint density at radius 2 is 1.86 bits per heavy atom. The average Bonchev–Trinajstić information content (AvgIpc) is 3.74. The summed E-state index contributed by atoms with van der Waals surface area (Å²) in [5, 5.41) is 1.60. The molecule has 2 fully saturated rings. The number of aromatic nitrogens is 1. The summed E-state index contributed by atoms with van der Waals surface area (Å²) >= 11 is 6.31. The van der Waals surface area contributed by atoms with Crippen molar-refractivity contribution in [2.24, 2.45) is 10.9 Å². The molecule has 0 N–H and O–H groups in total. The van der Waals surface area contributed by atoms with E-state index in [-0.39, 0.29) is 0 Å². The quantitative estimate of drug-likeness (QED) is 0.257. The van der Waals surface area contributed by atoms with Gasteiger partial charge in [-0.25, -0.2) is 4.98 Å². The lowest BCUT2D eigenvalue weighted by molar-refractivity contribution is 0.190. The zero-order valence-corrected chi connectivity index (χ0v) is 23.1. The molecule has 1 aliphatic heterocycles. The molecule has 1 saturated heterocycles. The lowest BCUT2D eigenvalue weighted by atomic mass is 10.1. The first-order valence-electron chi connectivity index (χ1n) is 12.8. The molecule has 0 radical (unpaired) electrons. The number of halogens is 1. The van der Waals surface area contributed by atoms with Crippen LogP contribution in [0.1, 0.15) is 30.5 Å². The zero-order chi connectivity index (χ0) is 26.8. The smallest absolute Gasteiger partial charge is 0.0730 e. The van der Waals surface area contributed by atoms with Crippen LogP contribution in [0.5, 0.6) is 0 Å². The summed E-state index contributed by atoms with van der Waals surface area (Å²) in [6.07, 6.45) is 15.4. The summed E-state index contributed by atoms with van der Waals surface area (Å²) in [5.74, 6) is 0.922. The summed E-state index contributed by atoms with van der Waals surface area (Å²) in [4.78, 5) is 13.5. The third kappa shape index (κ3) is 8.14. The molecule has 1 aromatic heterocycles. The molecule has 4 nitrogen and oxygen atoms in total. The van der Waals surface area contributed by atoms with E-state index in [2.05, 4.69) is 59.2 Å². The monoisotopic (exact) mass is 514 g/mol. The van der Waals surface area contributed by atoms with Gasteiger partial charge in [0.15, 0.2) is 0 Å². The molecule has 0 bridgehead atoms. The molecule has 1 saturated carbocycles. The van der Waals surface area contributed by atoms with Crippen LogP contribution in [0.25, 0.3) is 22.6 Å². The van der Waals surface area contributed by atoms with Gasteiger partial charge in [-0.05, 0) is 55.5 Å².